The van der Waals surface area contributed by atoms with Crippen LogP contribution in [0, 0.1) is 0 Å². The number of rotatable bonds is 6. The molecule has 2 rings (SSSR count). The van der Waals surface area contributed by atoms with E-state index < -0.39 is 0 Å². The molecule has 0 radical (unpaired) electrons. The maximum atomic E-state index is 5.72. The minimum absolute atomic E-state index is 0.112. The second-order valence-corrected chi connectivity index (χ2v) is 4.75. The molecular formula is C13H25NO4. The van der Waals surface area contributed by atoms with Gasteiger partial charge in [-0.3, -0.25) is 4.90 Å². The molecule has 5 heteroatoms. The molecule has 0 atom stereocenters. The Kier molecular flexibility index (Phi) is 5.38. The highest BCUT2D eigenvalue weighted by Crippen LogP contribution is 2.31. The van der Waals surface area contributed by atoms with Gasteiger partial charge in [-0.25, -0.2) is 0 Å². The Morgan fingerprint density at radius 3 is 2.11 bits per heavy atom. The van der Waals surface area contributed by atoms with Crippen molar-refractivity contribution < 1.29 is 18.9 Å². The van der Waals surface area contributed by atoms with Gasteiger partial charge in [-0.2, -0.15) is 0 Å². The summed E-state index contributed by atoms with van der Waals surface area (Å²) < 4.78 is 22.6. The lowest BCUT2D eigenvalue weighted by Crippen LogP contribution is -2.47. The monoisotopic (exact) mass is 259 g/mol. The van der Waals surface area contributed by atoms with Crippen LogP contribution in [0.4, 0.5) is 0 Å². The van der Waals surface area contributed by atoms with E-state index in [0.717, 1.165) is 45.7 Å². The van der Waals surface area contributed by atoms with E-state index in [4.69, 9.17) is 18.9 Å². The molecule has 0 aromatic heterocycles. The summed E-state index contributed by atoms with van der Waals surface area (Å²) in [5.74, 6) is -0.288. The molecule has 0 bridgehead atoms. The minimum Gasteiger partial charge on any atom is -0.352 e. The van der Waals surface area contributed by atoms with Crippen LogP contribution in [0.5, 0.6) is 0 Å². The van der Waals surface area contributed by atoms with Crippen molar-refractivity contribution in [2.75, 3.05) is 46.1 Å². The molecule has 2 heterocycles. The number of ether oxygens (including phenoxy) is 4. The molecule has 0 unspecified atom stereocenters. The number of likely N-dealkylation sites (tertiary alicyclic amines) is 1. The Hall–Kier alpha value is -0.200. The minimum atomic E-state index is -0.288. The summed E-state index contributed by atoms with van der Waals surface area (Å²) in [5.41, 5.74) is 0. The second-order valence-electron chi connectivity index (χ2n) is 4.75. The average Bonchev–Trinajstić information content (AvgIpc) is 2.82. The van der Waals surface area contributed by atoms with Gasteiger partial charge in [0.05, 0.1) is 13.2 Å². The van der Waals surface area contributed by atoms with Gasteiger partial charge >= 0.3 is 0 Å². The zero-order chi connectivity index (χ0) is 12.8. The van der Waals surface area contributed by atoms with Gasteiger partial charge in [0.2, 0.25) is 0 Å². The third kappa shape index (κ3) is 3.65. The van der Waals surface area contributed by atoms with E-state index in [-0.39, 0.29) is 12.1 Å². The predicted octanol–water partition coefficient (Wildman–Crippen LogP) is 1.22. The smallest absolute Gasteiger partial charge is 0.170 e. The van der Waals surface area contributed by atoms with Crippen LogP contribution in [0.3, 0.4) is 0 Å². The van der Waals surface area contributed by atoms with Gasteiger partial charge < -0.3 is 18.9 Å². The van der Waals surface area contributed by atoms with Gasteiger partial charge in [0.1, 0.15) is 0 Å². The molecule has 0 aromatic carbocycles. The lowest BCUT2D eigenvalue weighted by molar-refractivity contribution is -0.196. The first-order valence-corrected chi connectivity index (χ1v) is 7.01. The molecule has 2 aliphatic heterocycles. The van der Waals surface area contributed by atoms with Gasteiger partial charge in [-0.05, 0) is 13.8 Å². The second kappa shape index (κ2) is 6.82. The van der Waals surface area contributed by atoms with E-state index >= 15 is 0 Å². The van der Waals surface area contributed by atoms with E-state index in [9.17, 15) is 0 Å². The Morgan fingerprint density at radius 1 is 1.06 bits per heavy atom. The van der Waals surface area contributed by atoms with Crippen molar-refractivity contribution in [3.8, 4) is 0 Å². The highest BCUT2D eigenvalue weighted by molar-refractivity contribution is 4.82. The predicted molar refractivity (Wildman–Crippen MR) is 67.3 cm³/mol. The molecule has 5 nitrogen and oxygen atoms in total. The number of piperidine rings is 1. The fourth-order valence-corrected chi connectivity index (χ4v) is 2.60. The summed E-state index contributed by atoms with van der Waals surface area (Å²) in [4.78, 5) is 2.37. The highest BCUT2D eigenvalue weighted by atomic mass is 16.7. The van der Waals surface area contributed by atoms with Gasteiger partial charge in [-0.1, -0.05) is 0 Å². The molecule has 2 saturated heterocycles. The molecule has 18 heavy (non-hydrogen) atoms. The molecular weight excluding hydrogens is 234 g/mol. The third-order valence-electron chi connectivity index (χ3n) is 3.54. The van der Waals surface area contributed by atoms with E-state index in [1.807, 2.05) is 13.8 Å². The lowest BCUT2D eigenvalue weighted by Gasteiger charge is -2.38. The number of nitrogens with zero attached hydrogens (tertiary/aromatic N) is 1. The van der Waals surface area contributed by atoms with Crippen LogP contribution >= 0.6 is 0 Å². The zero-order valence-electron chi connectivity index (χ0n) is 11.5. The first-order valence-electron chi connectivity index (χ1n) is 7.01. The van der Waals surface area contributed by atoms with Crippen LogP contribution < -0.4 is 0 Å². The largest absolute Gasteiger partial charge is 0.352 e. The Labute approximate surface area is 109 Å². The molecule has 106 valence electrons. The van der Waals surface area contributed by atoms with E-state index in [0.29, 0.717) is 13.2 Å². The van der Waals surface area contributed by atoms with Crippen LogP contribution in [0.15, 0.2) is 0 Å². The molecule has 0 N–H and O–H groups in total. The van der Waals surface area contributed by atoms with E-state index in [1.54, 1.807) is 0 Å². The topological polar surface area (TPSA) is 40.2 Å². The van der Waals surface area contributed by atoms with Crippen molar-refractivity contribution in [1.29, 1.82) is 0 Å². The Bertz CT molecular complexity index is 227. The molecule has 0 aromatic rings. The van der Waals surface area contributed by atoms with Crippen LogP contribution in [0.2, 0.25) is 0 Å². The highest BCUT2D eigenvalue weighted by Gasteiger charge is 2.40. The average molecular weight is 259 g/mol. The summed E-state index contributed by atoms with van der Waals surface area (Å²) >= 11 is 0. The van der Waals surface area contributed by atoms with E-state index in [1.165, 1.54) is 0 Å². The van der Waals surface area contributed by atoms with Crippen LogP contribution in [-0.2, 0) is 18.9 Å². The van der Waals surface area contributed by atoms with Gasteiger partial charge in [0.25, 0.3) is 0 Å². The quantitative estimate of drug-likeness (QED) is 0.671. The maximum Gasteiger partial charge on any atom is 0.170 e. The summed E-state index contributed by atoms with van der Waals surface area (Å²) in [6.07, 6.45) is 1.77. The third-order valence-corrected chi connectivity index (χ3v) is 3.54. The molecule has 2 fully saturated rings. The molecule has 1 spiro atoms. The summed E-state index contributed by atoms with van der Waals surface area (Å²) in [6, 6.07) is 0. The van der Waals surface area contributed by atoms with Crippen LogP contribution in [-0.4, -0.2) is 63.0 Å². The first kappa shape index (κ1) is 14.2. The summed E-state index contributed by atoms with van der Waals surface area (Å²) in [6.45, 7) is 9.64. The standard InChI is InChI=1S/C13H25NO4/c1-3-15-12(16-4-2)11-14-7-5-13(6-8-14)17-9-10-18-13/h12H,3-11H2,1-2H3. The van der Waals surface area contributed by atoms with Crippen molar-refractivity contribution in [2.24, 2.45) is 0 Å². The van der Waals surface area contributed by atoms with Crippen molar-refractivity contribution in [1.82, 2.24) is 4.90 Å². The lowest BCUT2D eigenvalue weighted by atomic mass is 10.0. The molecule has 2 aliphatic rings. The van der Waals surface area contributed by atoms with E-state index in [2.05, 4.69) is 4.90 Å². The van der Waals surface area contributed by atoms with Gasteiger partial charge in [0, 0.05) is 45.7 Å². The number of hydrogen-bond donors (Lipinski definition) is 0. The van der Waals surface area contributed by atoms with Crippen molar-refractivity contribution in [3.63, 3.8) is 0 Å². The Morgan fingerprint density at radius 2 is 1.61 bits per heavy atom. The van der Waals surface area contributed by atoms with Gasteiger partial charge in [-0.15, -0.1) is 0 Å². The summed E-state index contributed by atoms with van der Waals surface area (Å²) in [7, 11) is 0. The number of hydrogen-bond acceptors (Lipinski definition) is 5. The van der Waals surface area contributed by atoms with Gasteiger partial charge in [0.15, 0.2) is 12.1 Å². The molecule has 0 saturated carbocycles. The summed E-state index contributed by atoms with van der Waals surface area (Å²) in [5, 5.41) is 0. The Balaban J connectivity index is 1.74. The first-order chi connectivity index (χ1) is 8.78. The van der Waals surface area contributed by atoms with Crippen LogP contribution in [0.25, 0.3) is 0 Å². The van der Waals surface area contributed by atoms with Crippen LogP contribution in [0.1, 0.15) is 26.7 Å². The van der Waals surface area contributed by atoms with Crippen molar-refractivity contribution in [2.45, 2.75) is 38.8 Å². The molecule has 0 amide bonds. The maximum absolute atomic E-state index is 5.72. The SMILES string of the molecule is CCOC(CN1CCC2(CC1)OCCO2)OCC. The zero-order valence-corrected chi connectivity index (χ0v) is 11.5. The molecule has 0 aliphatic carbocycles. The fraction of sp³-hybridized carbons (Fsp3) is 1.00. The van der Waals surface area contributed by atoms with Crippen molar-refractivity contribution in [3.05, 3.63) is 0 Å². The fourth-order valence-electron chi connectivity index (χ4n) is 2.60. The normalized spacial score (nSPS) is 24.2. The van der Waals surface area contributed by atoms with Crippen molar-refractivity contribution >= 4 is 0 Å².